The minimum absolute atomic E-state index is 0. The first kappa shape index (κ1) is 19.1. The highest BCUT2D eigenvalue weighted by Gasteiger charge is 2.33. The molecule has 0 bridgehead atoms. The van der Waals surface area contributed by atoms with Crippen LogP contribution in [-0.4, -0.2) is 26.1 Å². The molecule has 4 nitrogen and oxygen atoms in total. The summed E-state index contributed by atoms with van der Waals surface area (Å²) in [4.78, 5) is 12.4. The van der Waals surface area contributed by atoms with E-state index in [0.29, 0.717) is 18.3 Å². The first-order valence-corrected chi connectivity index (χ1v) is 8.90. The second-order valence-electron chi connectivity index (χ2n) is 6.89. The molecule has 2 N–H and O–H groups in total. The van der Waals surface area contributed by atoms with E-state index in [1.165, 1.54) is 31.2 Å². The molecule has 0 radical (unpaired) electrons. The molecule has 1 aromatic rings. The number of rotatable bonds is 7. The molecule has 3 rings (SSSR count). The van der Waals surface area contributed by atoms with E-state index in [0.717, 1.165) is 25.3 Å². The van der Waals surface area contributed by atoms with E-state index in [4.69, 9.17) is 4.74 Å². The molecule has 0 spiro atoms. The first-order chi connectivity index (χ1) is 11.3. The third-order valence-corrected chi connectivity index (χ3v) is 5.12. The molecule has 1 atom stereocenters. The van der Waals surface area contributed by atoms with E-state index in [2.05, 4.69) is 22.8 Å². The summed E-state index contributed by atoms with van der Waals surface area (Å²) >= 11 is 0. The van der Waals surface area contributed by atoms with Crippen molar-refractivity contribution in [2.75, 3.05) is 20.2 Å². The van der Waals surface area contributed by atoms with Crippen LogP contribution in [0.5, 0.6) is 5.75 Å². The third kappa shape index (κ3) is 5.38. The Morgan fingerprint density at radius 1 is 1.21 bits per heavy atom. The largest absolute Gasteiger partial charge is 0.497 e. The molecule has 1 aliphatic carbocycles. The Kier molecular flexibility index (Phi) is 7.38. The van der Waals surface area contributed by atoms with Gasteiger partial charge in [0.05, 0.1) is 13.2 Å². The van der Waals surface area contributed by atoms with Crippen LogP contribution in [-0.2, 0) is 4.79 Å². The number of carbonyl (C=O) groups excluding carboxylic acids is 1. The second kappa shape index (κ2) is 9.28. The molecule has 1 amide bonds. The SMILES string of the molecule is COc1ccc(C(NC(=O)CCC2CCNCC2)C2CC2)cc1.Cl. The van der Waals surface area contributed by atoms with Gasteiger partial charge in [0, 0.05) is 6.42 Å². The lowest BCUT2D eigenvalue weighted by Crippen LogP contribution is -2.31. The Hall–Kier alpha value is -1.26. The van der Waals surface area contributed by atoms with E-state index < -0.39 is 0 Å². The normalized spacial score (nSPS) is 19.2. The molecule has 0 aromatic heterocycles. The summed E-state index contributed by atoms with van der Waals surface area (Å²) in [5.74, 6) is 2.38. The third-order valence-electron chi connectivity index (χ3n) is 5.12. The minimum Gasteiger partial charge on any atom is -0.497 e. The highest BCUT2D eigenvalue weighted by atomic mass is 35.5. The maximum Gasteiger partial charge on any atom is 0.220 e. The Morgan fingerprint density at radius 2 is 1.88 bits per heavy atom. The molecule has 1 saturated carbocycles. The molecular formula is C19H29ClN2O2. The highest BCUT2D eigenvalue weighted by Crippen LogP contribution is 2.41. The fourth-order valence-electron chi connectivity index (χ4n) is 3.47. The summed E-state index contributed by atoms with van der Waals surface area (Å²) in [5.41, 5.74) is 1.20. The summed E-state index contributed by atoms with van der Waals surface area (Å²) < 4.78 is 5.22. The summed E-state index contributed by atoms with van der Waals surface area (Å²) in [6.07, 6.45) is 6.52. The Labute approximate surface area is 151 Å². The van der Waals surface area contributed by atoms with Crippen LogP contribution in [0.3, 0.4) is 0 Å². The van der Waals surface area contributed by atoms with Crippen molar-refractivity contribution in [3.8, 4) is 5.75 Å². The van der Waals surface area contributed by atoms with Gasteiger partial charge in [0.25, 0.3) is 0 Å². The summed E-state index contributed by atoms with van der Waals surface area (Å²) in [6, 6.07) is 8.28. The Bertz CT molecular complexity index is 511. The van der Waals surface area contributed by atoms with E-state index in [-0.39, 0.29) is 24.4 Å². The number of nitrogens with one attached hydrogen (secondary N) is 2. The molecule has 1 heterocycles. The number of benzene rings is 1. The standard InChI is InChI=1S/C19H28N2O2.ClH/c1-23-17-7-5-16(6-8-17)19(15-3-4-15)21-18(22)9-2-14-10-12-20-13-11-14;/h5-8,14-15,19-20H,2-4,9-13H2,1H3,(H,21,22);1H. The van der Waals surface area contributed by atoms with Crippen LogP contribution >= 0.6 is 12.4 Å². The zero-order valence-corrected chi connectivity index (χ0v) is 15.2. The number of halogens is 1. The zero-order chi connectivity index (χ0) is 16.1. The van der Waals surface area contributed by atoms with Gasteiger partial charge in [0.1, 0.15) is 5.75 Å². The quantitative estimate of drug-likeness (QED) is 0.790. The summed E-state index contributed by atoms with van der Waals surface area (Å²) in [6.45, 7) is 2.20. The lowest BCUT2D eigenvalue weighted by atomic mass is 9.93. The molecule has 134 valence electrons. The smallest absolute Gasteiger partial charge is 0.220 e. The van der Waals surface area contributed by atoms with Gasteiger partial charge in [-0.2, -0.15) is 0 Å². The number of hydrogen-bond acceptors (Lipinski definition) is 3. The monoisotopic (exact) mass is 352 g/mol. The van der Waals surface area contributed by atoms with Gasteiger partial charge in [-0.3, -0.25) is 4.79 Å². The number of methoxy groups -OCH3 is 1. The summed E-state index contributed by atoms with van der Waals surface area (Å²) in [7, 11) is 1.68. The van der Waals surface area contributed by atoms with Gasteiger partial charge in [-0.25, -0.2) is 0 Å². The predicted octanol–water partition coefficient (Wildman–Crippen LogP) is 3.46. The lowest BCUT2D eigenvalue weighted by Gasteiger charge is -2.23. The van der Waals surface area contributed by atoms with Gasteiger partial charge in [-0.1, -0.05) is 12.1 Å². The molecule has 2 fully saturated rings. The molecule has 1 aromatic carbocycles. The maximum absolute atomic E-state index is 12.4. The number of piperidine rings is 1. The average molecular weight is 353 g/mol. The summed E-state index contributed by atoms with van der Waals surface area (Å²) in [5, 5.41) is 6.65. The van der Waals surface area contributed by atoms with Crippen molar-refractivity contribution in [1.82, 2.24) is 10.6 Å². The number of carbonyl (C=O) groups is 1. The predicted molar refractivity (Wildman–Crippen MR) is 98.7 cm³/mol. The van der Waals surface area contributed by atoms with Crippen molar-refractivity contribution in [3.05, 3.63) is 29.8 Å². The first-order valence-electron chi connectivity index (χ1n) is 8.90. The van der Waals surface area contributed by atoms with Crippen molar-refractivity contribution < 1.29 is 9.53 Å². The van der Waals surface area contributed by atoms with Gasteiger partial charge in [-0.05, 0) is 74.7 Å². The maximum atomic E-state index is 12.4. The van der Waals surface area contributed by atoms with Crippen LogP contribution in [0.2, 0.25) is 0 Å². The molecule has 5 heteroatoms. The number of ether oxygens (including phenoxy) is 1. The van der Waals surface area contributed by atoms with Crippen LogP contribution < -0.4 is 15.4 Å². The number of amides is 1. The molecule has 1 unspecified atom stereocenters. The van der Waals surface area contributed by atoms with E-state index in [1.54, 1.807) is 7.11 Å². The zero-order valence-electron chi connectivity index (χ0n) is 14.4. The van der Waals surface area contributed by atoms with E-state index >= 15 is 0 Å². The topological polar surface area (TPSA) is 50.4 Å². The van der Waals surface area contributed by atoms with Crippen molar-refractivity contribution in [1.29, 1.82) is 0 Å². The van der Waals surface area contributed by atoms with Gasteiger partial charge >= 0.3 is 0 Å². The minimum atomic E-state index is 0. The molecule has 1 aliphatic heterocycles. The second-order valence-corrected chi connectivity index (χ2v) is 6.89. The molecule has 1 saturated heterocycles. The van der Waals surface area contributed by atoms with Crippen LogP contribution in [0.4, 0.5) is 0 Å². The van der Waals surface area contributed by atoms with Crippen LogP contribution in [0, 0.1) is 11.8 Å². The van der Waals surface area contributed by atoms with Gasteiger partial charge in [0.2, 0.25) is 5.91 Å². The Balaban J connectivity index is 0.00000208. The van der Waals surface area contributed by atoms with Crippen molar-refractivity contribution >= 4 is 18.3 Å². The Morgan fingerprint density at radius 3 is 2.46 bits per heavy atom. The fraction of sp³-hybridized carbons (Fsp3) is 0.632. The molecular weight excluding hydrogens is 324 g/mol. The van der Waals surface area contributed by atoms with Gasteiger partial charge < -0.3 is 15.4 Å². The number of hydrogen-bond donors (Lipinski definition) is 2. The van der Waals surface area contributed by atoms with Gasteiger partial charge in [-0.15, -0.1) is 12.4 Å². The molecule has 24 heavy (non-hydrogen) atoms. The van der Waals surface area contributed by atoms with Crippen molar-refractivity contribution in [3.63, 3.8) is 0 Å². The van der Waals surface area contributed by atoms with Crippen molar-refractivity contribution in [2.24, 2.45) is 11.8 Å². The fourth-order valence-corrected chi connectivity index (χ4v) is 3.47. The molecule has 2 aliphatic rings. The van der Waals surface area contributed by atoms with Gasteiger partial charge in [0.15, 0.2) is 0 Å². The van der Waals surface area contributed by atoms with Crippen LogP contribution in [0.1, 0.15) is 50.1 Å². The van der Waals surface area contributed by atoms with Crippen LogP contribution in [0.25, 0.3) is 0 Å². The highest BCUT2D eigenvalue weighted by molar-refractivity contribution is 5.85. The van der Waals surface area contributed by atoms with E-state index in [9.17, 15) is 4.79 Å². The van der Waals surface area contributed by atoms with Crippen molar-refractivity contribution in [2.45, 2.75) is 44.6 Å². The lowest BCUT2D eigenvalue weighted by molar-refractivity contribution is -0.122. The van der Waals surface area contributed by atoms with Crippen LogP contribution in [0.15, 0.2) is 24.3 Å². The average Bonchev–Trinajstić information content (AvgIpc) is 3.44. The van der Waals surface area contributed by atoms with E-state index in [1.807, 2.05) is 12.1 Å².